The molecule has 0 atom stereocenters. The molecule has 0 saturated heterocycles. The molecule has 106 valence electrons. The zero-order chi connectivity index (χ0) is 14.7. The van der Waals surface area contributed by atoms with Crippen LogP contribution in [0.1, 0.15) is 11.1 Å². The van der Waals surface area contributed by atoms with Crippen LogP contribution in [0.25, 0.3) is 10.9 Å². The first-order valence-electron chi connectivity index (χ1n) is 6.69. The Kier molecular flexibility index (Phi) is 3.66. The van der Waals surface area contributed by atoms with Gasteiger partial charge in [0.25, 0.3) is 0 Å². The fourth-order valence-electron chi connectivity index (χ4n) is 2.24. The minimum absolute atomic E-state index is 0.0425. The maximum Gasteiger partial charge on any atom is 0.137 e. The molecule has 5 heteroatoms. The average Bonchev–Trinajstić information content (AvgIpc) is 2.53. The van der Waals surface area contributed by atoms with Gasteiger partial charge in [0.1, 0.15) is 12.1 Å². The summed E-state index contributed by atoms with van der Waals surface area (Å²) < 4.78 is 0. The van der Waals surface area contributed by atoms with Crippen LogP contribution >= 0.6 is 0 Å². The number of nitrogens with one attached hydrogen (secondary N) is 1. The quantitative estimate of drug-likeness (QED) is 0.639. The van der Waals surface area contributed by atoms with Gasteiger partial charge < -0.3 is 16.2 Å². The second kappa shape index (κ2) is 5.76. The van der Waals surface area contributed by atoms with Crippen molar-refractivity contribution in [2.24, 2.45) is 0 Å². The summed E-state index contributed by atoms with van der Waals surface area (Å²) in [6.07, 6.45) is 1.53. The molecule has 0 amide bonds. The number of nitrogen functional groups attached to an aromatic ring is 1. The molecule has 0 bridgehead atoms. The zero-order valence-corrected chi connectivity index (χ0v) is 11.5. The summed E-state index contributed by atoms with van der Waals surface area (Å²) in [5.74, 6) is 0.752. The Morgan fingerprint density at radius 1 is 1.05 bits per heavy atom. The molecule has 5 nitrogen and oxygen atoms in total. The van der Waals surface area contributed by atoms with Crippen LogP contribution in [0.2, 0.25) is 0 Å². The highest BCUT2D eigenvalue weighted by Crippen LogP contribution is 2.22. The summed E-state index contributed by atoms with van der Waals surface area (Å²) in [6, 6.07) is 13.4. The van der Waals surface area contributed by atoms with Crippen LogP contribution < -0.4 is 11.1 Å². The molecule has 0 unspecified atom stereocenters. The van der Waals surface area contributed by atoms with Crippen molar-refractivity contribution in [3.8, 4) is 0 Å². The van der Waals surface area contributed by atoms with Crippen LogP contribution in [0.3, 0.4) is 0 Å². The van der Waals surface area contributed by atoms with E-state index in [0.29, 0.717) is 12.2 Å². The van der Waals surface area contributed by atoms with Gasteiger partial charge >= 0.3 is 0 Å². The highest BCUT2D eigenvalue weighted by atomic mass is 16.3. The van der Waals surface area contributed by atoms with Crippen molar-refractivity contribution in [2.45, 2.75) is 13.2 Å². The van der Waals surface area contributed by atoms with E-state index < -0.39 is 0 Å². The van der Waals surface area contributed by atoms with Gasteiger partial charge in [-0.3, -0.25) is 0 Å². The standard InChI is InChI=1S/C16H16N4O/c17-13-4-5-15-14(7-13)16(20-10-19-15)18-8-11-2-1-3-12(6-11)9-21/h1-7,10,21H,8-9,17H2,(H,18,19,20). The number of nitrogens with zero attached hydrogens (tertiary/aromatic N) is 2. The fraction of sp³-hybridized carbons (Fsp3) is 0.125. The second-order valence-electron chi connectivity index (χ2n) is 4.83. The lowest BCUT2D eigenvalue weighted by Crippen LogP contribution is -2.03. The van der Waals surface area contributed by atoms with Crippen LogP contribution in [-0.2, 0) is 13.2 Å². The molecule has 3 aromatic rings. The van der Waals surface area contributed by atoms with Crippen molar-refractivity contribution in [3.63, 3.8) is 0 Å². The van der Waals surface area contributed by atoms with E-state index in [-0.39, 0.29) is 6.61 Å². The molecule has 0 aliphatic heterocycles. The van der Waals surface area contributed by atoms with Gasteiger partial charge in [-0.15, -0.1) is 0 Å². The van der Waals surface area contributed by atoms with Crippen molar-refractivity contribution < 1.29 is 5.11 Å². The SMILES string of the molecule is Nc1ccc2ncnc(NCc3cccc(CO)c3)c2c1. The van der Waals surface area contributed by atoms with Crippen molar-refractivity contribution in [1.82, 2.24) is 9.97 Å². The lowest BCUT2D eigenvalue weighted by molar-refractivity contribution is 0.281. The molecule has 0 saturated carbocycles. The topological polar surface area (TPSA) is 84.1 Å². The Bertz CT molecular complexity index is 773. The van der Waals surface area contributed by atoms with E-state index in [1.54, 1.807) is 0 Å². The van der Waals surface area contributed by atoms with E-state index in [4.69, 9.17) is 10.8 Å². The van der Waals surface area contributed by atoms with Crippen LogP contribution in [0.5, 0.6) is 0 Å². The van der Waals surface area contributed by atoms with E-state index in [1.807, 2.05) is 42.5 Å². The van der Waals surface area contributed by atoms with E-state index in [1.165, 1.54) is 6.33 Å². The summed E-state index contributed by atoms with van der Waals surface area (Å²) >= 11 is 0. The van der Waals surface area contributed by atoms with E-state index >= 15 is 0 Å². The molecule has 3 rings (SSSR count). The van der Waals surface area contributed by atoms with Gasteiger partial charge in [0.15, 0.2) is 0 Å². The molecule has 0 fully saturated rings. The third kappa shape index (κ3) is 2.93. The van der Waals surface area contributed by atoms with Gasteiger partial charge in [-0.05, 0) is 29.3 Å². The molecular formula is C16H16N4O. The van der Waals surface area contributed by atoms with Crippen LogP contribution in [0.4, 0.5) is 11.5 Å². The third-order valence-electron chi connectivity index (χ3n) is 3.29. The lowest BCUT2D eigenvalue weighted by atomic mass is 10.1. The fourth-order valence-corrected chi connectivity index (χ4v) is 2.24. The number of aromatic nitrogens is 2. The Morgan fingerprint density at radius 2 is 1.90 bits per heavy atom. The first-order chi connectivity index (χ1) is 10.3. The van der Waals surface area contributed by atoms with Gasteiger partial charge in [-0.1, -0.05) is 24.3 Å². The second-order valence-corrected chi connectivity index (χ2v) is 4.83. The molecule has 1 heterocycles. The smallest absolute Gasteiger partial charge is 0.137 e. The molecule has 0 spiro atoms. The number of hydrogen-bond donors (Lipinski definition) is 3. The monoisotopic (exact) mass is 280 g/mol. The van der Waals surface area contributed by atoms with Crippen molar-refractivity contribution in [2.75, 3.05) is 11.1 Å². The molecular weight excluding hydrogens is 264 g/mol. The maximum absolute atomic E-state index is 9.16. The number of fused-ring (bicyclic) bond motifs is 1. The predicted molar refractivity (Wildman–Crippen MR) is 83.6 cm³/mol. The lowest BCUT2D eigenvalue weighted by Gasteiger charge is -2.09. The maximum atomic E-state index is 9.16. The Hall–Kier alpha value is -2.66. The molecule has 0 aliphatic carbocycles. The number of aliphatic hydroxyl groups excluding tert-OH is 1. The van der Waals surface area contributed by atoms with Gasteiger partial charge in [0.2, 0.25) is 0 Å². The number of benzene rings is 2. The minimum Gasteiger partial charge on any atom is -0.399 e. The van der Waals surface area contributed by atoms with Crippen LogP contribution in [-0.4, -0.2) is 15.1 Å². The number of nitrogens with two attached hydrogens (primary N) is 1. The molecule has 21 heavy (non-hydrogen) atoms. The third-order valence-corrected chi connectivity index (χ3v) is 3.29. The number of aliphatic hydroxyl groups is 1. The van der Waals surface area contributed by atoms with Gasteiger partial charge in [0.05, 0.1) is 12.1 Å². The summed E-state index contributed by atoms with van der Waals surface area (Å²) in [6.45, 7) is 0.662. The van der Waals surface area contributed by atoms with Crippen molar-refractivity contribution >= 4 is 22.4 Å². The van der Waals surface area contributed by atoms with Gasteiger partial charge in [-0.25, -0.2) is 9.97 Å². The Morgan fingerprint density at radius 3 is 2.76 bits per heavy atom. The highest BCUT2D eigenvalue weighted by Gasteiger charge is 2.04. The molecule has 0 radical (unpaired) electrons. The predicted octanol–water partition coefficient (Wildman–Crippen LogP) is 2.32. The molecule has 1 aromatic heterocycles. The summed E-state index contributed by atoms with van der Waals surface area (Å²) in [4.78, 5) is 8.50. The van der Waals surface area contributed by atoms with Crippen LogP contribution in [0, 0.1) is 0 Å². The number of hydrogen-bond acceptors (Lipinski definition) is 5. The highest BCUT2D eigenvalue weighted by molar-refractivity contribution is 5.91. The first-order valence-corrected chi connectivity index (χ1v) is 6.69. The summed E-state index contributed by atoms with van der Waals surface area (Å²) in [7, 11) is 0. The normalized spacial score (nSPS) is 10.7. The summed E-state index contributed by atoms with van der Waals surface area (Å²) in [5, 5.41) is 13.4. The Labute approximate surface area is 122 Å². The Balaban J connectivity index is 1.86. The van der Waals surface area contributed by atoms with E-state index in [0.717, 1.165) is 27.8 Å². The van der Waals surface area contributed by atoms with E-state index in [9.17, 15) is 0 Å². The first kappa shape index (κ1) is 13.3. The van der Waals surface area contributed by atoms with Crippen LogP contribution in [0.15, 0.2) is 48.8 Å². The van der Waals surface area contributed by atoms with Crippen molar-refractivity contribution in [3.05, 3.63) is 59.9 Å². The average molecular weight is 280 g/mol. The van der Waals surface area contributed by atoms with Gasteiger partial charge in [0, 0.05) is 17.6 Å². The van der Waals surface area contributed by atoms with E-state index in [2.05, 4.69) is 15.3 Å². The number of rotatable bonds is 4. The minimum atomic E-state index is 0.0425. The van der Waals surface area contributed by atoms with Crippen molar-refractivity contribution in [1.29, 1.82) is 0 Å². The largest absolute Gasteiger partial charge is 0.399 e. The molecule has 2 aromatic carbocycles. The molecule has 0 aliphatic rings. The summed E-state index contributed by atoms with van der Waals surface area (Å²) in [5.41, 5.74) is 9.34. The number of anilines is 2. The zero-order valence-electron chi connectivity index (χ0n) is 11.5. The molecule has 4 N–H and O–H groups in total. The van der Waals surface area contributed by atoms with Gasteiger partial charge in [-0.2, -0.15) is 0 Å².